The number of carboxylic acid groups (broad SMARTS) is 1. The van der Waals surface area contributed by atoms with Crippen molar-refractivity contribution >= 4 is 29.2 Å². The third-order valence-electron chi connectivity index (χ3n) is 11.7. The standard InChI is InChI=1S/C38H56N6O4S/c1-29-9-7-20-42(29)19-6-5-13-33(40-31-14-16-38(17-15-31)18-21-41(28-38)26-30-10-3-2-4-11-30)36(46)44-23-22-43(37(47)48)27-34(44)35(45)39-25-32-12-8-24-49-32/h2-4,8,10-12,24,29,31,33-34,40H,5-7,9,13-23,25-28H2,1H3,(H,39,45)(H,47,48)/t29?,31?,33?,34-,38?/m0/s1. The van der Waals surface area contributed by atoms with Gasteiger partial charge in [0.1, 0.15) is 6.04 Å². The fraction of sp³-hybridized carbons (Fsp3) is 0.658. The molecule has 6 rings (SSSR count). The molecule has 1 saturated carbocycles. The molecule has 3 saturated heterocycles. The lowest BCUT2D eigenvalue weighted by Crippen LogP contribution is -2.64. The van der Waals surface area contributed by atoms with Gasteiger partial charge in [-0.05, 0) is 107 Å². The van der Waals surface area contributed by atoms with Gasteiger partial charge >= 0.3 is 6.09 Å². The Labute approximate surface area is 296 Å². The molecule has 4 aliphatic rings. The minimum absolute atomic E-state index is 0.0116. The zero-order valence-corrected chi connectivity index (χ0v) is 30.0. The van der Waals surface area contributed by atoms with E-state index in [0.29, 0.717) is 18.0 Å². The number of thiophene rings is 1. The largest absolute Gasteiger partial charge is 0.465 e. The minimum atomic E-state index is -1.06. The predicted octanol–water partition coefficient (Wildman–Crippen LogP) is 5.00. The Morgan fingerprint density at radius 2 is 1.80 bits per heavy atom. The molecule has 2 unspecified atom stereocenters. The van der Waals surface area contributed by atoms with Gasteiger partial charge in [-0.25, -0.2) is 4.79 Å². The zero-order chi connectivity index (χ0) is 34.2. The summed E-state index contributed by atoms with van der Waals surface area (Å²) in [6, 6.07) is 14.3. The van der Waals surface area contributed by atoms with E-state index in [-0.39, 0.29) is 37.5 Å². The molecule has 4 fully saturated rings. The van der Waals surface area contributed by atoms with Crippen LogP contribution in [-0.4, -0.2) is 113 Å². The smallest absolute Gasteiger partial charge is 0.407 e. The monoisotopic (exact) mass is 692 g/mol. The first-order valence-electron chi connectivity index (χ1n) is 18.6. The van der Waals surface area contributed by atoms with Gasteiger partial charge in [0, 0.05) is 43.1 Å². The Bertz CT molecular complexity index is 1370. The van der Waals surface area contributed by atoms with E-state index in [1.807, 2.05) is 17.5 Å². The van der Waals surface area contributed by atoms with Gasteiger partial charge in [0.15, 0.2) is 0 Å². The molecule has 3 aliphatic heterocycles. The van der Waals surface area contributed by atoms with Crippen LogP contribution >= 0.6 is 11.3 Å². The molecule has 3 N–H and O–H groups in total. The van der Waals surface area contributed by atoms with Crippen molar-refractivity contribution < 1.29 is 19.5 Å². The molecule has 2 aromatic rings. The number of rotatable bonds is 13. The average Bonchev–Trinajstić information content (AvgIpc) is 3.88. The van der Waals surface area contributed by atoms with Crippen LogP contribution in [0.2, 0.25) is 0 Å². The number of nitrogens with zero attached hydrogens (tertiary/aromatic N) is 4. The molecule has 1 aliphatic carbocycles. The van der Waals surface area contributed by atoms with E-state index < -0.39 is 18.2 Å². The van der Waals surface area contributed by atoms with E-state index in [1.54, 1.807) is 16.2 Å². The van der Waals surface area contributed by atoms with Crippen LogP contribution in [-0.2, 0) is 22.7 Å². The van der Waals surface area contributed by atoms with Crippen LogP contribution in [0.4, 0.5) is 4.79 Å². The predicted molar refractivity (Wildman–Crippen MR) is 193 cm³/mol. The van der Waals surface area contributed by atoms with Crippen molar-refractivity contribution in [2.24, 2.45) is 5.41 Å². The molecule has 0 radical (unpaired) electrons. The van der Waals surface area contributed by atoms with Crippen LogP contribution in [0.25, 0.3) is 0 Å². The second-order valence-corrected chi connectivity index (χ2v) is 16.1. The van der Waals surface area contributed by atoms with E-state index in [1.165, 1.54) is 29.7 Å². The van der Waals surface area contributed by atoms with Gasteiger partial charge in [0.2, 0.25) is 11.8 Å². The van der Waals surface area contributed by atoms with Gasteiger partial charge in [0.25, 0.3) is 0 Å². The first-order chi connectivity index (χ1) is 23.8. The summed E-state index contributed by atoms with van der Waals surface area (Å²) in [5.41, 5.74) is 1.73. The van der Waals surface area contributed by atoms with Crippen LogP contribution in [0, 0.1) is 5.41 Å². The lowest BCUT2D eigenvalue weighted by atomic mass is 9.72. The van der Waals surface area contributed by atoms with Crippen molar-refractivity contribution in [3.05, 3.63) is 58.3 Å². The molecule has 49 heavy (non-hydrogen) atoms. The average molecular weight is 693 g/mol. The molecule has 3 amide bonds. The van der Waals surface area contributed by atoms with Gasteiger partial charge in [-0.15, -0.1) is 11.3 Å². The van der Waals surface area contributed by atoms with Crippen molar-refractivity contribution in [2.45, 2.75) is 108 Å². The first kappa shape index (κ1) is 35.8. The first-order valence-corrected chi connectivity index (χ1v) is 19.5. The molecule has 10 nitrogen and oxygen atoms in total. The number of hydrogen-bond acceptors (Lipinski definition) is 7. The summed E-state index contributed by atoms with van der Waals surface area (Å²) in [4.78, 5) is 49.1. The summed E-state index contributed by atoms with van der Waals surface area (Å²) in [6.07, 6.45) is 9.81. The number of nitrogens with one attached hydrogen (secondary N) is 2. The topological polar surface area (TPSA) is 108 Å². The number of amides is 3. The summed E-state index contributed by atoms with van der Waals surface area (Å²) in [5, 5.41) is 18.5. The van der Waals surface area contributed by atoms with Crippen LogP contribution in [0.5, 0.6) is 0 Å². The third-order valence-corrected chi connectivity index (χ3v) is 12.6. The van der Waals surface area contributed by atoms with Gasteiger partial charge < -0.3 is 30.4 Å². The molecule has 11 heteroatoms. The van der Waals surface area contributed by atoms with Crippen molar-refractivity contribution in [3.8, 4) is 0 Å². The minimum Gasteiger partial charge on any atom is -0.465 e. The molecule has 1 aromatic heterocycles. The fourth-order valence-electron chi connectivity index (χ4n) is 8.71. The summed E-state index contributed by atoms with van der Waals surface area (Å²) < 4.78 is 0. The summed E-state index contributed by atoms with van der Waals surface area (Å²) in [5.74, 6) is -0.360. The van der Waals surface area contributed by atoms with Gasteiger partial charge in [-0.3, -0.25) is 14.5 Å². The quantitative estimate of drug-likeness (QED) is 0.254. The SMILES string of the molecule is CC1CCCN1CCCCC(NC1CCC2(CC1)CCN(Cc1ccccc1)C2)C(=O)N1CCN(C(=O)O)C[C@H]1C(=O)NCc1cccs1. The number of likely N-dealkylation sites (tertiary alicyclic amines) is 2. The Balaban J connectivity index is 1.09. The Morgan fingerprint density at radius 3 is 2.51 bits per heavy atom. The lowest BCUT2D eigenvalue weighted by molar-refractivity contribution is -0.145. The van der Waals surface area contributed by atoms with E-state index in [4.69, 9.17) is 0 Å². The molecule has 268 valence electrons. The van der Waals surface area contributed by atoms with Gasteiger partial charge in [-0.1, -0.05) is 42.8 Å². The third kappa shape index (κ3) is 9.42. The molecular formula is C38H56N6O4S. The van der Waals surface area contributed by atoms with Crippen molar-refractivity contribution in [1.82, 2.24) is 30.2 Å². The molecule has 1 aromatic carbocycles. The maximum absolute atomic E-state index is 14.5. The van der Waals surface area contributed by atoms with Crippen molar-refractivity contribution in [2.75, 3.05) is 45.8 Å². The maximum Gasteiger partial charge on any atom is 0.407 e. The van der Waals surface area contributed by atoms with Gasteiger partial charge in [-0.2, -0.15) is 0 Å². The van der Waals surface area contributed by atoms with E-state index in [9.17, 15) is 19.5 Å². The second-order valence-electron chi connectivity index (χ2n) is 15.0. The summed E-state index contributed by atoms with van der Waals surface area (Å²) in [7, 11) is 0. The highest BCUT2D eigenvalue weighted by molar-refractivity contribution is 7.09. The van der Waals surface area contributed by atoms with Crippen LogP contribution in [0.3, 0.4) is 0 Å². The number of benzene rings is 1. The second kappa shape index (κ2) is 16.8. The van der Waals surface area contributed by atoms with Gasteiger partial charge in [0.05, 0.1) is 19.1 Å². The Kier molecular flexibility index (Phi) is 12.3. The highest BCUT2D eigenvalue weighted by Crippen LogP contribution is 2.44. The highest BCUT2D eigenvalue weighted by Gasteiger charge is 2.43. The normalized spacial score (nSPS) is 27.1. The van der Waals surface area contributed by atoms with Crippen LogP contribution < -0.4 is 10.6 Å². The highest BCUT2D eigenvalue weighted by atomic mass is 32.1. The number of piperazine rings is 1. The number of unbranched alkanes of at least 4 members (excludes halogenated alkanes) is 1. The van der Waals surface area contributed by atoms with Crippen LogP contribution in [0.1, 0.15) is 81.6 Å². The maximum atomic E-state index is 14.5. The van der Waals surface area contributed by atoms with Crippen molar-refractivity contribution in [3.63, 3.8) is 0 Å². The summed E-state index contributed by atoms with van der Waals surface area (Å²) >= 11 is 1.56. The zero-order valence-electron chi connectivity index (χ0n) is 29.2. The Hall–Kier alpha value is -2.99. The number of hydrogen-bond donors (Lipinski definition) is 3. The molecule has 1 spiro atoms. The number of carbonyl (C=O) groups is 3. The van der Waals surface area contributed by atoms with Crippen LogP contribution in [0.15, 0.2) is 47.8 Å². The number of carbonyl (C=O) groups excluding carboxylic acids is 2. The summed E-state index contributed by atoms with van der Waals surface area (Å²) in [6.45, 7) is 8.59. The van der Waals surface area contributed by atoms with E-state index in [0.717, 1.165) is 82.5 Å². The van der Waals surface area contributed by atoms with E-state index in [2.05, 4.69) is 57.7 Å². The molecule has 4 heterocycles. The molecule has 3 atom stereocenters. The van der Waals surface area contributed by atoms with Crippen molar-refractivity contribution in [1.29, 1.82) is 0 Å². The fourth-order valence-corrected chi connectivity index (χ4v) is 9.35. The van der Waals surface area contributed by atoms with E-state index >= 15 is 0 Å². The molecule has 0 bridgehead atoms. The Morgan fingerprint density at radius 1 is 0.980 bits per heavy atom. The molecular weight excluding hydrogens is 637 g/mol. The lowest BCUT2D eigenvalue weighted by Gasteiger charge is -2.42.